The van der Waals surface area contributed by atoms with Crippen molar-refractivity contribution >= 4 is 5.91 Å². The third-order valence-corrected chi connectivity index (χ3v) is 3.72. The minimum Gasteiger partial charge on any atom is -0.394 e. The Kier molecular flexibility index (Phi) is 4.41. The van der Waals surface area contributed by atoms with E-state index in [2.05, 4.69) is 9.97 Å². The molecule has 1 aromatic carbocycles. The standard InChI is InChI=1S/C16H17N3O3/c20-11-14-15(12-4-2-1-3-5-12)19(8-9-22-14)16(21)13-10-17-6-7-18-13/h1-7,10,14-15,20H,8-9,11H2/t14-,15-/m0/s1. The first kappa shape index (κ1) is 14.6. The van der Waals surface area contributed by atoms with Gasteiger partial charge in [-0.25, -0.2) is 4.98 Å². The van der Waals surface area contributed by atoms with E-state index in [0.29, 0.717) is 18.8 Å². The number of rotatable bonds is 3. The van der Waals surface area contributed by atoms with Gasteiger partial charge in [-0.3, -0.25) is 9.78 Å². The van der Waals surface area contributed by atoms with Crippen molar-refractivity contribution in [2.24, 2.45) is 0 Å². The van der Waals surface area contributed by atoms with E-state index in [1.54, 1.807) is 4.90 Å². The van der Waals surface area contributed by atoms with Crippen LogP contribution in [0, 0.1) is 0 Å². The van der Waals surface area contributed by atoms with Crippen LogP contribution < -0.4 is 0 Å². The molecule has 2 aromatic rings. The van der Waals surface area contributed by atoms with Crippen molar-refractivity contribution in [3.05, 3.63) is 60.2 Å². The van der Waals surface area contributed by atoms with E-state index in [1.165, 1.54) is 18.6 Å². The summed E-state index contributed by atoms with van der Waals surface area (Å²) in [6.07, 6.45) is 4.03. The number of morpholine rings is 1. The molecular formula is C16H17N3O3. The van der Waals surface area contributed by atoms with E-state index in [9.17, 15) is 9.90 Å². The fourth-order valence-electron chi connectivity index (χ4n) is 2.72. The molecule has 1 aromatic heterocycles. The second-order valence-corrected chi connectivity index (χ2v) is 5.04. The molecule has 22 heavy (non-hydrogen) atoms. The number of hydrogen-bond acceptors (Lipinski definition) is 5. The van der Waals surface area contributed by atoms with Crippen molar-refractivity contribution in [3.8, 4) is 0 Å². The molecule has 6 nitrogen and oxygen atoms in total. The summed E-state index contributed by atoms with van der Waals surface area (Å²) < 4.78 is 5.63. The van der Waals surface area contributed by atoms with Gasteiger partial charge in [0.05, 0.1) is 25.5 Å². The highest BCUT2D eigenvalue weighted by atomic mass is 16.5. The number of aliphatic hydroxyl groups excluding tert-OH is 1. The molecule has 2 heterocycles. The van der Waals surface area contributed by atoms with Gasteiger partial charge in [0, 0.05) is 18.9 Å². The van der Waals surface area contributed by atoms with Crippen molar-refractivity contribution in [3.63, 3.8) is 0 Å². The largest absolute Gasteiger partial charge is 0.394 e. The predicted octanol–water partition coefficient (Wildman–Crippen LogP) is 1.05. The molecule has 6 heteroatoms. The Bertz CT molecular complexity index is 621. The van der Waals surface area contributed by atoms with Crippen molar-refractivity contribution < 1.29 is 14.6 Å². The summed E-state index contributed by atoms with van der Waals surface area (Å²) in [7, 11) is 0. The monoisotopic (exact) mass is 299 g/mol. The van der Waals surface area contributed by atoms with Crippen LogP contribution in [0.3, 0.4) is 0 Å². The van der Waals surface area contributed by atoms with E-state index in [4.69, 9.17) is 4.74 Å². The third-order valence-electron chi connectivity index (χ3n) is 3.72. The average Bonchev–Trinajstić information content (AvgIpc) is 2.62. The Labute approximate surface area is 128 Å². The highest BCUT2D eigenvalue weighted by Crippen LogP contribution is 2.30. The van der Waals surface area contributed by atoms with Gasteiger partial charge in [0.25, 0.3) is 5.91 Å². The minimum absolute atomic E-state index is 0.149. The fourth-order valence-corrected chi connectivity index (χ4v) is 2.72. The lowest BCUT2D eigenvalue weighted by Crippen LogP contribution is -2.49. The Morgan fingerprint density at radius 1 is 1.32 bits per heavy atom. The summed E-state index contributed by atoms with van der Waals surface area (Å²) in [5.74, 6) is -0.205. The molecule has 0 bridgehead atoms. The normalized spacial score (nSPS) is 21.6. The number of amides is 1. The van der Waals surface area contributed by atoms with Gasteiger partial charge in [0.15, 0.2) is 0 Å². The maximum atomic E-state index is 12.7. The highest BCUT2D eigenvalue weighted by Gasteiger charge is 2.36. The second-order valence-electron chi connectivity index (χ2n) is 5.04. The maximum Gasteiger partial charge on any atom is 0.274 e. The van der Waals surface area contributed by atoms with Crippen LogP contribution in [0.2, 0.25) is 0 Å². The van der Waals surface area contributed by atoms with Gasteiger partial charge in [0.2, 0.25) is 0 Å². The number of benzene rings is 1. The van der Waals surface area contributed by atoms with E-state index in [-0.39, 0.29) is 18.6 Å². The number of carbonyl (C=O) groups is 1. The lowest BCUT2D eigenvalue weighted by Gasteiger charge is -2.40. The summed E-state index contributed by atoms with van der Waals surface area (Å²) in [6.45, 7) is 0.690. The number of ether oxygens (including phenoxy) is 1. The molecule has 1 fully saturated rings. The molecule has 0 radical (unpaired) electrons. The van der Waals surface area contributed by atoms with Gasteiger partial charge in [-0.05, 0) is 5.56 Å². The zero-order chi connectivity index (χ0) is 15.4. The highest BCUT2D eigenvalue weighted by molar-refractivity contribution is 5.92. The van der Waals surface area contributed by atoms with Gasteiger partial charge < -0.3 is 14.7 Å². The smallest absolute Gasteiger partial charge is 0.274 e. The van der Waals surface area contributed by atoms with Crippen LogP contribution in [0.15, 0.2) is 48.9 Å². The fraction of sp³-hybridized carbons (Fsp3) is 0.312. The molecule has 1 N–H and O–H groups in total. The number of aromatic nitrogens is 2. The summed E-state index contributed by atoms with van der Waals surface area (Å²) >= 11 is 0. The Morgan fingerprint density at radius 3 is 2.82 bits per heavy atom. The lowest BCUT2D eigenvalue weighted by atomic mass is 9.98. The van der Waals surface area contributed by atoms with Crippen LogP contribution in [0.25, 0.3) is 0 Å². The zero-order valence-electron chi connectivity index (χ0n) is 12.0. The van der Waals surface area contributed by atoms with Crippen LogP contribution in [0.1, 0.15) is 22.1 Å². The molecule has 1 saturated heterocycles. The van der Waals surface area contributed by atoms with E-state index in [1.807, 2.05) is 30.3 Å². The zero-order valence-corrected chi connectivity index (χ0v) is 12.0. The number of nitrogens with zero attached hydrogens (tertiary/aromatic N) is 3. The third kappa shape index (κ3) is 2.84. The average molecular weight is 299 g/mol. The molecule has 114 valence electrons. The first-order valence-corrected chi connectivity index (χ1v) is 7.15. The Balaban J connectivity index is 1.95. The van der Waals surface area contributed by atoms with Gasteiger partial charge in [-0.1, -0.05) is 30.3 Å². The van der Waals surface area contributed by atoms with Crippen molar-refractivity contribution in [1.82, 2.24) is 14.9 Å². The molecular weight excluding hydrogens is 282 g/mol. The van der Waals surface area contributed by atoms with Crippen LogP contribution in [-0.2, 0) is 4.74 Å². The van der Waals surface area contributed by atoms with Crippen molar-refractivity contribution in [2.75, 3.05) is 19.8 Å². The SMILES string of the molecule is O=C(c1cnccn1)N1CCO[C@@H](CO)[C@@H]1c1ccccc1. The van der Waals surface area contributed by atoms with Crippen LogP contribution >= 0.6 is 0 Å². The summed E-state index contributed by atoms with van der Waals surface area (Å²) in [6, 6.07) is 9.25. The number of carbonyl (C=O) groups excluding carboxylic acids is 1. The van der Waals surface area contributed by atoms with Gasteiger partial charge in [0.1, 0.15) is 11.8 Å². The van der Waals surface area contributed by atoms with Gasteiger partial charge >= 0.3 is 0 Å². The summed E-state index contributed by atoms with van der Waals surface area (Å²) in [4.78, 5) is 22.5. The van der Waals surface area contributed by atoms with E-state index >= 15 is 0 Å². The topological polar surface area (TPSA) is 75.6 Å². The predicted molar refractivity (Wildman–Crippen MR) is 79.1 cm³/mol. The molecule has 3 rings (SSSR count). The first-order valence-electron chi connectivity index (χ1n) is 7.15. The molecule has 0 spiro atoms. The second kappa shape index (κ2) is 6.64. The Hall–Kier alpha value is -2.31. The molecule has 0 aliphatic carbocycles. The molecule has 1 aliphatic heterocycles. The lowest BCUT2D eigenvalue weighted by molar-refractivity contribution is -0.0812. The molecule has 1 amide bonds. The van der Waals surface area contributed by atoms with E-state index < -0.39 is 6.10 Å². The van der Waals surface area contributed by atoms with Crippen molar-refractivity contribution in [2.45, 2.75) is 12.1 Å². The molecule has 1 aliphatic rings. The van der Waals surface area contributed by atoms with Crippen molar-refractivity contribution in [1.29, 1.82) is 0 Å². The van der Waals surface area contributed by atoms with E-state index in [0.717, 1.165) is 5.56 Å². The van der Waals surface area contributed by atoms with Gasteiger partial charge in [-0.2, -0.15) is 0 Å². The quantitative estimate of drug-likeness (QED) is 0.917. The maximum absolute atomic E-state index is 12.7. The summed E-state index contributed by atoms with van der Waals surface area (Å²) in [5.41, 5.74) is 1.22. The first-order chi connectivity index (χ1) is 10.8. The minimum atomic E-state index is -0.447. The summed E-state index contributed by atoms with van der Waals surface area (Å²) in [5, 5.41) is 9.60. The number of hydrogen-bond donors (Lipinski definition) is 1. The van der Waals surface area contributed by atoms with Crippen LogP contribution in [-0.4, -0.2) is 51.7 Å². The van der Waals surface area contributed by atoms with Crippen LogP contribution in [0.5, 0.6) is 0 Å². The molecule has 0 saturated carbocycles. The molecule has 2 atom stereocenters. The van der Waals surface area contributed by atoms with Crippen LogP contribution in [0.4, 0.5) is 0 Å². The van der Waals surface area contributed by atoms with Gasteiger partial charge in [-0.15, -0.1) is 0 Å². The Morgan fingerprint density at radius 2 is 2.14 bits per heavy atom. The molecule has 0 unspecified atom stereocenters. The number of aliphatic hydroxyl groups is 1.